The fourth-order valence-electron chi connectivity index (χ4n) is 3.64. The van der Waals surface area contributed by atoms with Gasteiger partial charge in [0.1, 0.15) is 17.8 Å². The molecule has 0 atom stereocenters. The largest absolute Gasteiger partial charge is 0.497 e. The molecule has 4 aromatic rings. The molecule has 0 amide bonds. The Morgan fingerprint density at radius 1 is 1.16 bits per heavy atom. The van der Waals surface area contributed by atoms with Crippen molar-refractivity contribution in [2.45, 2.75) is 27.2 Å². The first kappa shape index (κ1) is 21.2. The van der Waals surface area contributed by atoms with Crippen LogP contribution >= 0.6 is 0 Å². The van der Waals surface area contributed by atoms with E-state index in [9.17, 15) is 9.90 Å². The molecule has 0 saturated carbocycles. The van der Waals surface area contributed by atoms with Gasteiger partial charge in [-0.3, -0.25) is 10.00 Å². The number of nitrogens with zero attached hydrogens (tertiary/aromatic N) is 3. The first-order valence-corrected chi connectivity index (χ1v) is 10.2. The van der Waals surface area contributed by atoms with E-state index < -0.39 is 5.97 Å². The summed E-state index contributed by atoms with van der Waals surface area (Å²) in [6.45, 7) is 5.97. The molecule has 2 N–H and O–H groups in total. The van der Waals surface area contributed by atoms with E-state index in [2.05, 4.69) is 15.2 Å². The van der Waals surface area contributed by atoms with Crippen LogP contribution in [0.2, 0.25) is 0 Å². The lowest BCUT2D eigenvalue weighted by Crippen LogP contribution is -2.16. The Labute approximate surface area is 185 Å². The molecule has 164 valence electrons. The third kappa shape index (κ3) is 3.82. The van der Waals surface area contributed by atoms with Crippen molar-refractivity contribution in [3.05, 3.63) is 71.2 Å². The van der Waals surface area contributed by atoms with Gasteiger partial charge in [0, 0.05) is 11.6 Å². The first-order valence-electron chi connectivity index (χ1n) is 10.2. The summed E-state index contributed by atoms with van der Waals surface area (Å²) in [5.74, 6) is 0.617. The maximum Gasteiger partial charge on any atom is 0.337 e. The SMILES string of the molecule is CCc1coc(-c2cc(C)c(N(c3ccn[nH]3)c3ccc(OC)cc3C(=O)O)cc2C)n1. The number of rotatable bonds is 7. The van der Waals surface area contributed by atoms with Crippen molar-refractivity contribution in [2.75, 3.05) is 12.0 Å². The van der Waals surface area contributed by atoms with Gasteiger partial charge in [0.2, 0.25) is 5.89 Å². The average Bonchev–Trinajstić information content (AvgIpc) is 3.48. The number of carbonyl (C=O) groups is 1. The Bertz CT molecular complexity index is 1260. The number of oxazole rings is 1. The van der Waals surface area contributed by atoms with Crippen LogP contribution in [0.4, 0.5) is 17.2 Å². The first-order chi connectivity index (χ1) is 15.4. The van der Waals surface area contributed by atoms with Gasteiger partial charge >= 0.3 is 5.97 Å². The number of carboxylic acid groups (broad SMARTS) is 1. The molecule has 4 rings (SSSR count). The maximum absolute atomic E-state index is 12.1. The highest BCUT2D eigenvalue weighted by molar-refractivity contribution is 5.98. The number of hydrogen-bond acceptors (Lipinski definition) is 6. The minimum absolute atomic E-state index is 0.111. The second-order valence-electron chi connectivity index (χ2n) is 7.42. The van der Waals surface area contributed by atoms with Gasteiger partial charge in [-0.05, 0) is 61.7 Å². The van der Waals surface area contributed by atoms with E-state index in [1.54, 1.807) is 30.7 Å². The van der Waals surface area contributed by atoms with Crippen LogP contribution in [0, 0.1) is 13.8 Å². The Balaban J connectivity index is 1.90. The molecule has 0 saturated heterocycles. The number of nitrogens with one attached hydrogen (secondary N) is 1. The summed E-state index contributed by atoms with van der Waals surface area (Å²) in [6.07, 6.45) is 4.09. The summed E-state index contributed by atoms with van der Waals surface area (Å²) in [4.78, 5) is 18.5. The van der Waals surface area contributed by atoms with Crippen molar-refractivity contribution in [1.82, 2.24) is 15.2 Å². The monoisotopic (exact) mass is 432 g/mol. The Morgan fingerprint density at radius 3 is 2.59 bits per heavy atom. The zero-order valence-electron chi connectivity index (χ0n) is 18.3. The van der Waals surface area contributed by atoms with Crippen LogP contribution in [0.5, 0.6) is 5.75 Å². The summed E-state index contributed by atoms with van der Waals surface area (Å²) >= 11 is 0. The van der Waals surface area contributed by atoms with Crippen molar-refractivity contribution in [1.29, 1.82) is 0 Å². The third-order valence-corrected chi connectivity index (χ3v) is 5.33. The van der Waals surface area contributed by atoms with Crippen LogP contribution in [0.25, 0.3) is 11.5 Å². The zero-order valence-corrected chi connectivity index (χ0v) is 18.3. The molecule has 8 heteroatoms. The van der Waals surface area contributed by atoms with Gasteiger partial charge in [0.15, 0.2) is 0 Å². The number of carboxylic acids is 1. The molecule has 0 spiro atoms. The molecule has 0 unspecified atom stereocenters. The van der Waals surface area contributed by atoms with Gasteiger partial charge in [-0.15, -0.1) is 0 Å². The predicted octanol–water partition coefficient (Wildman–Crippen LogP) is 5.42. The van der Waals surface area contributed by atoms with Gasteiger partial charge in [0.05, 0.1) is 35.9 Å². The number of aromatic nitrogens is 3. The number of ether oxygens (including phenoxy) is 1. The summed E-state index contributed by atoms with van der Waals surface area (Å²) in [5, 5.41) is 16.9. The van der Waals surface area contributed by atoms with E-state index in [1.807, 2.05) is 37.8 Å². The number of H-pyrrole nitrogens is 1. The van der Waals surface area contributed by atoms with Crippen molar-refractivity contribution in [2.24, 2.45) is 0 Å². The summed E-state index contributed by atoms with van der Waals surface area (Å²) in [5.41, 5.74) is 5.06. The van der Waals surface area contributed by atoms with Gasteiger partial charge in [-0.1, -0.05) is 6.92 Å². The second kappa shape index (κ2) is 8.58. The molecule has 0 aliphatic heterocycles. The molecule has 2 aromatic heterocycles. The van der Waals surface area contributed by atoms with Crippen molar-refractivity contribution >= 4 is 23.2 Å². The topological polar surface area (TPSA) is 104 Å². The highest BCUT2D eigenvalue weighted by Gasteiger charge is 2.24. The molecule has 0 aliphatic carbocycles. The van der Waals surface area contributed by atoms with E-state index in [0.717, 1.165) is 34.5 Å². The van der Waals surface area contributed by atoms with Gasteiger partial charge in [-0.2, -0.15) is 5.10 Å². The Kier molecular flexibility index (Phi) is 5.68. The van der Waals surface area contributed by atoms with E-state index >= 15 is 0 Å². The van der Waals surface area contributed by atoms with Crippen LogP contribution in [-0.4, -0.2) is 33.4 Å². The number of methoxy groups -OCH3 is 1. The molecule has 8 nitrogen and oxygen atoms in total. The Hall–Kier alpha value is -4.07. The molecule has 0 fully saturated rings. The Morgan fingerprint density at radius 2 is 1.97 bits per heavy atom. The summed E-state index contributed by atoms with van der Waals surface area (Å²) in [7, 11) is 1.51. The van der Waals surface area contributed by atoms with Crippen LogP contribution in [0.1, 0.15) is 34.1 Å². The molecule has 32 heavy (non-hydrogen) atoms. The molecule has 0 aliphatic rings. The van der Waals surface area contributed by atoms with Crippen molar-refractivity contribution < 1.29 is 19.1 Å². The van der Waals surface area contributed by atoms with Crippen LogP contribution in [-0.2, 0) is 6.42 Å². The van der Waals surface area contributed by atoms with E-state index in [0.29, 0.717) is 23.1 Å². The quantitative estimate of drug-likeness (QED) is 0.402. The third-order valence-electron chi connectivity index (χ3n) is 5.33. The van der Waals surface area contributed by atoms with E-state index in [1.165, 1.54) is 13.2 Å². The fourth-order valence-corrected chi connectivity index (χ4v) is 3.64. The lowest BCUT2D eigenvalue weighted by Gasteiger charge is -2.27. The number of aryl methyl sites for hydroxylation is 3. The summed E-state index contributed by atoms with van der Waals surface area (Å²) in [6, 6.07) is 10.8. The number of aromatic amines is 1. The van der Waals surface area contributed by atoms with Gasteiger partial charge in [0.25, 0.3) is 0 Å². The van der Waals surface area contributed by atoms with Gasteiger partial charge < -0.3 is 14.3 Å². The summed E-state index contributed by atoms with van der Waals surface area (Å²) < 4.78 is 10.9. The minimum atomic E-state index is -1.05. The van der Waals surface area contributed by atoms with Crippen LogP contribution < -0.4 is 9.64 Å². The predicted molar refractivity (Wildman–Crippen MR) is 121 cm³/mol. The molecular formula is C24H24N4O4. The van der Waals surface area contributed by atoms with Crippen LogP contribution in [0.15, 0.2) is 53.3 Å². The molecule has 0 bridgehead atoms. The fraction of sp³-hybridized carbons (Fsp3) is 0.208. The van der Waals surface area contributed by atoms with Gasteiger partial charge in [-0.25, -0.2) is 9.78 Å². The van der Waals surface area contributed by atoms with E-state index in [-0.39, 0.29) is 5.56 Å². The lowest BCUT2D eigenvalue weighted by molar-refractivity contribution is 0.0697. The van der Waals surface area contributed by atoms with E-state index in [4.69, 9.17) is 9.15 Å². The van der Waals surface area contributed by atoms with Crippen molar-refractivity contribution in [3.8, 4) is 17.2 Å². The number of hydrogen-bond donors (Lipinski definition) is 2. The number of aromatic carboxylic acids is 1. The highest BCUT2D eigenvalue weighted by Crippen LogP contribution is 2.40. The molecule has 2 heterocycles. The zero-order chi connectivity index (χ0) is 22.8. The lowest BCUT2D eigenvalue weighted by atomic mass is 10.0. The van der Waals surface area contributed by atoms with Crippen LogP contribution in [0.3, 0.4) is 0 Å². The minimum Gasteiger partial charge on any atom is -0.497 e. The number of benzene rings is 2. The molecule has 0 radical (unpaired) electrons. The maximum atomic E-state index is 12.1. The second-order valence-corrected chi connectivity index (χ2v) is 7.42. The standard InChI is InChI=1S/C24H24N4O4/c1-5-16-13-32-23(26-16)18-10-15(3)21(11-14(18)2)28(22-8-9-25-27-22)20-7-6-17(31-4)12-19(20)24(29)30/h6-13H,5H2,1-4H3,(H,25,27)(H,29,30). The molecule has 2 aromatic carbocycles. The normalized spacial score (nSPS) is 10.9. The number of anilines is 3. The highest BCUT2D eigenvalue weighted by atomic mass is 16.5. The van der Waals surface area contributed by atoms with Crippen molar-refractivity contribution in [3.63, 3.8) is 0 Å². The molecular weight excluding hydrogens is 408 g/mol. The smallest absolute Gasteiger partial charge is 0.337 e. The average molecular weight is 432 g/mol.